The third-order valence-corrected chi connectivity index (χ3v) is 3.92. The Morgan fingerprint density at radius 2 is 2.41 bits per heavy atom. The molecule has 1 aliphatic heterocycles. The van der Waals surface area contributed by atoms with Gasteiger partial charge in [0.05, 0.1) is 0 Å². The van der Waals surface area contributed by atoms with Gasteiger partial charge in [-0.05, 0) is 36.5 Å². The molecule has 1 N–H and O–H groups in total. The molecular formula is C14H14N2O. The molecule has 0 aromatic carbocycles. The Balaban J connectivity index is 1.74. The lowest BCUT2D eigenvalue weighted by Gasteiger charge is -2.41. The van der Waals surface area contributed by atoms with Gasteiger partial charge in [-0.25, -0.2) is 0 Å². The van der Waals surface area contributed by atoms with Crippen LogP contribution >= 0.6 is 0 Å². The van der Waals surface area contributed by atoms with Crippen LogP contribution in [-0.4, -0.2) is 17.6 Å². The van der Waals surface area contributed by atoms with Crippen LogP contribution in [0.1, 0.15) is 18.6 Å². The molecule has 0 bridgehead atoms. The number of fused-ring (bicyclic) bond motifs is 2. The lowest BCUT2D eigenvalue weighted by atomic mass is 9.79. The second kappa shape index (κ2) is 3.44. The molecule has 86 valence electrons. The monoisotopic (exact) mass is 226 g/mol. The predicted molar refractivity (Wildman–Crippen MR) is 66.5 cm³/mol. The van der Waals surface area contributed by atoms with Crippen molar-refractivity contribution in [1.82, 2.24) is 10.3 Å². The van der Waals surface area contributed by atoms with Gasteiger partial charge >= 0.3 is 0 Å². The summed E-state index contributed by atoms with van der Waals surface area (Å²) in [5.41, 5.74) is 3.16. The third kappa shape index (κ3) is 1.42. The lowest BCUT2D eigenvalue weighted by Crippen LogP contribution is -2.53. The molecule has 1 fully saturated rings. The summed E-state index contributed by atoms with van der Waals surface area (Å²) in [6.45, 7) is 1.18. The maximum Gasteiger partial charge on any atom is 0.153 e. The molecule has 0 amide bonds. The average Bonchev–Trinajstić information content (AvgIpc) is 2.74. The highest BCUT2D eigenvalue weighted by Gasteiger charge is 2.33. The molecule has 0 unspecified atom stereocenters. The molecule has 2 aromatic heterocycles. The van der Waals surface area contributed by atoms with Gasteiger partial charge in [-0.3, -0.25) is 4.98 Å². The molecule has 3 heteroatoms. The molecule has 2 aromatic rings. The topological polar surface area (TPSA) is 38.1 Å². The Labute approximate surface area is 99.5 Å². The maximum absolute atomic E-state index is 5.86. The van der Waals surface area contributed by atoms with E-state index >= 15 is 0 Å². The Kier molecular flexibility index (Phi) is 1.91. The molecule has 2 atom stereocenters. The van der Waals surface area contributed by atoms with E-state index in [0.717, 1.165) is 29.2 Å². The highest BCUT2D eigenvalue weighted by atomic mass is 16.3. The SMILES string of the molecule is C1=C(c2cc3ncccc3o2)C[C@@H]2NC[C@@H]2C1. The van der Waals surface area contributed by atoms with Gasteiger partial charge in [0.25, 0.3) is 0 Å². The first-order valence-electron chi connectivity index (χ1n) is 6.17. The summed E-state index contributed by atoms with van der Waals surface area (Å²) in [6, 6.07) is 6.60. The molecule has 0 spiro atoms. The maximum atomic E-state index is 5.86. The Morgan fingerprint density at radius 1 is 1.41 bits per heavy atom. The minimum atomic E-state index is 0.663. The second-order valence-corrected chi connectivity index (χ2v) is 4.94. The molecule has 1 aliphatic carbocycles. The van der Waals surface area contributed by atoms with E-state index < -0.39 is 0 Å². The van der Waals surface area contributed by atoms with Crippen molar-refractivity contribution < 1.29 is 4.42 Å². The fourth-order valence-electron chi connectivity index (χ4n) is 2.78. The van der Waals surface area contributed by atoms with Crippen molar-refractivity contribution in [2.24, 2.45) is 5.92 Å². The van der Waals surface area contributed by atoms with Gasteiger partial charge in [-0.1, -0.05) is 6.08 Å². The number of furan rings is 1. The van der Waals surface area contributed by atoms with Crippen LogP contribution in [0, 0.1) is 5.92 Å². The highest BCUT2D eigenvalue weighted by molar-refractivity contribution is 5.78. The standard InChI is InChI=1S/C14H14N2O/c1-2-13-12(15-5-1)7-14(17-13)9-3-4-10-8-16-11(10)6-9/h1-3,5,7,10-11,16H,4,6,8H2/t10-,11-/m0/s1. The van der Waals surface area contributed by atoms with Gasteiger partial charge < -0.3 is 9.73 Å². The summed E-state index contributed by atoms with van der Waals surface area (Å²) < 4.78 is 5.86. The van der Waals surface area contributed by atoms with Crippen molar-refractivity contribution in [2.45, 2.75) is 18.9 Å². The minimum Gasteiger partial charge on any atom is -0.455 e. The number of rotatable bonds is 1. The van der Waals surface area contributed by atoms with E-state index in [1.165, 1.54) is 18.5 Å². The van der Waals surface area contributed by atoms with Gasteiger partial charge in [0.15, 0.2) is 5.58 Å². The number of allylic oxidation sites excluding steroid dienone is 1. The molecule has 3 nitrogen and oxygen atoms in total. The van der Waals surface area contributed by atoms with Crippen molar-refractivity contribution in [3.8, 4) is 0 Å². The van der Waals surface area contributed by atoms with Crippen molar-refractivity contribution >= 4 is 16.7 Å². The summed E-state index contributed by atoms with van der Waals surface area (Å²) in [5, 5.41) is 3.48. The van der Waals surface area contributed by atoms with E-state index in [2.05, 4.69) is 22.4 Å². The van der Waals surface area contributed by atoms with Gasteiger partial charge in [-0.15, -0.1) is 0 Å². The van der Waals surface area contributed by atoms with E-state index in [1.807, 2.05) is 12.1 Å². The van der Waals surface area contributed by atoms with Crippen LogP contribution in [0.2, 0.25) is 0 Å². The van der Waals surface area contributed by atoms with Crippen molar-refractivity contribution in [3.63, 3.8) is 0 Å². The second-order valence-electron chi connectivity index (χ2n) is 4.94. The molecule has 1 saturated heterocycles. The zero-order valence-corrected chi connectivity index (χ0v) is 9.52. The Bertz CT molecular complexity index is 566. The largest absolute Gasteiger partial charge is 0.455 e. The number of nitrogens with one attached hydrogen (secondary N) is 1. The zero-order chi connectivity index (χ0) is 11.2. The van der Waals surface area contributed by atoms with Crippen molar-refractivity contribution in [2.75, 3.05) is 6.54 Å². The number of aromatic nitrogens is 1. The minimum absolute atomic E-state index is 0.663. The van der Waals surface area contributed by atoms with Crippen LogP contribution < -0.4 is 5.32 Å². The quantitative estimate of drug-likeness (QED) is 0.812. The third-order valence-electron chi connectivity index (χ3n) is 3.92. The van der Waals surface area contributed by atoms with E-state index in [4.69, 9.17) is 4.42 Å². The first-order valence-corrected chi connectivity index (χ1v) is 6.17. The molecule has 4 rings (SSSR count). The number of pyridine rings is 1. The Morgan fingerprint density at radius 3 is 3.18 bits per heavy atom. The van der Waals surface area contributed by atoms with Crippen LogP contribution in [0.3, 0.4) is 0 Å². The van der Waals surface area contributed by atoms with Crippen LogP contribution in [0.15, 0.2) is 34.9 Å². The van der Waals surface area contributed by atoms with E-state index in [-0.39, 0.29) is 0 Å². The smallest absolute Gasteiger partial charge is 0.153 e. The number of hydrogen-bond donors (Lipinski definition) is 1. The average molecular weight is 226 g/mol. The molecule has 2 aliphatic rings. The fourth-order valence-corrected chi connectivity index (χ4v) is 2.78. The molecule has 17 heavy (non-hydrogen) atoms. The lowest BCUT2D eigenvalue weighted by molar-refractivity contribution is 0.230. The van der Waals surface area contributed by atoms with Gasteiger partial charge in [0.1, 0.15) is 11.3 Å². The van der Waals surface area contributed by atoms with E-state index in [1.54, 1.807) is 6.20 Å². The summed E-state index contributed by atoms with van der Waals surface area (Å²) >= 11 is 0. The molecule has 0 saturated carbocycles. The molecule has 3 heterocycles. The highest BCUT2D eigenvalue weighted by Crippen LogP contribution is 2.35. The van der Waals surface area contributed by atoms with Crippen LogP contribution in [0.4, 0.5) is 0 Å². The van der Waals surface area contributed by atoms with Gasteiger partial charge in [0, 0.05) is 24.8 Å². The van der Waals surface area contributed by atoms with Crippen LogP contribution in [0.25, 0.3) is 16.7 Å². The zero-order valence-electron chi connectivity index (χ0n) is 9.52. The van der Waals surface area contributed by atoms with Gasteiger partial charge in [0.2, 0.25) is 0 Å². The Hall–Kier alpha value is -1.61. The first kappa shape index (κ1) is 9.42. The summed E-state index contributed by atoms with van der Waals surface area (Å²) in [5.74, 6) is 1.84. The number of hydrogen-bond acceptors (Lipinski definition) is 3. The van der Waals surface area contributed by atoms with Crippen LogP contribution in [-0.2, 0) is 0 Å². The van der Waals surface area contributed by atoms with Gasteiger partial charge in [-0.2, -0.15) is 0 Å². The van der Waals surface area contributed by atoms with E-state index in [0.29, 0.717) is 6.04 Å². The van der Waals surface area contributed by atoms with Crippen molar-refractivity contribution in [1.29, 1.82) is 0 Å². The predicted octanol–water partition coefficient (Wildman–Crippen LogP) is 2.59. The molecular weight excluding hydrogens is 212 g/mol. The van der Waals surface area contributed by atoms with Crippen LogP contribution in [0.5, 0.6) is 0 Å². The normalized spacial score (nSPS) is 27.4. The summed E-state index contributed by atoms with van der Waals surface area (Å²) in [7, 11) is 0. The first-order chi connectivity index (χ1) is 8.40. The number of nitrogens with zero attached hydrogens (tertiary/aromatic N) is 1. The van der Waals surface area contributed by atoms with Crippen molar-refractivity contribution in [3.05, 3.63) is 36.2 Å². The van der Waals surface area contributed by atoms with E-state index in [9.17, 15) is 0 Å². The molecule has 0 radical (unpaired) electrons. The summed E-state index contributed by atoms with van der Waals surface area (Å²) in [4.78, 5) is 4.31. The fraction of sp³-hybridized carbons (Fsp3) is 0.357. The summed E-state index contributed by atoms with van der Waals surface area (Å²) in [6.07, 6.45) is 6.40.